The third-order valence-electron chi connectivity index (χ3n) is 6.04. The summed E-state index contributed by atoms with van der Waals surface area (Å²) < 4.78 is 5.65. The Hall–Kier alpha value is -2.98. The van der Waals surface area contributed by atoms with Crippen molar-refractivity contribution in [2.24, 2.45) is 0 Å². The van der Waals surface area contributed by atoms with Gasteiger partial charge >= 0.3 is 0 Å². The second kappa shape index (κ2) is 9.66. The number of piperidine rings is 2. The van der Waals surface area contributed by atoms with Gasteiger partial charge in [-0.25, -0.2) is 0 Å². The monoisotopic (exact) mass is 464 g/mol. The van der Waals surface area contributed by atoms with Crippen LogP contribution in [0.3, 0.4) is 0 Å². The van der Waals surface area contributed by atoms with Crippen molar-refractivity contribution in [1.29, 1.82) is 0 Å². The number of likely N-dealkylation sites (tertiary alicyclic amines) is 1. The first-order chi connectivity index (χ1) is 14.9. The Kier molecular flexibility index (Phi) is 7.15. The topological polar surface area (TPSA) is 125 Å². The maximum Gasteiger partial charge on any atom is 0.266 e. The van der Waals surface area contributed by atoms with Crippen molar-refractivity contribution in [3.05, 3.63) is 29.3 Å². The van der Waals surface area contributed by atoms with Gasteiger partial charge in [0.1, 0.15) is 11.8 Å². The highest BCUT2D eigenvalue weighted by atomic mass is 35.5. The van der Waals surface area contributed by atoms with Gasteiger partial charge in [0.25, 0.3) is 17.7 Å². The molecule has 0 aromatic heterocycles. The number of amides is 5. The van der Waals surface area contributed by atoms with Gasteiger partial charge in [-0.05, 0) is 38.4 Å². The van der Waals surface area contributed by atoms with Crippen LogP contribution in [0.5, 0.6) is 5.75 Å². The van der Waals surface area contributed by atoms with Gasteiger partial charge in [0, 0.05) is 25.6 Å². The maximum absolute atomic E-state index is 13.0. The Bertz CT molecular complexity index is 960. The van der Waals surface area contributed by atoms with Crippen LogP contribution >= 0.6 is 12.4 Å². The van der Waals surface area contributed by atoms with E-state index in [1.165, 1.54) is 12.1 Å². The SMILES string of the molecule is CNC1CCN(C(=O)COc2cccc3c2C(=O)N(C2CCC(=O)NC2=O)C3=O)CC1.Cl. The Labute approximate surface area is 191 Å². The molecule has 2 saturated heterocycles. The molecular formula is C21H25ClN4O6. The minimum absolute atomic E-state index is 0. The summed E-state index contributed by atoms with van der Waals surface area (Å²) in [6, 6.07) is 3.92. The predicted octanol–water partition coefficient (Wildman–Crippen LogP) is 0.0988. The lowest BCUT2D eigenvalue weighted by Gasteiger charge is -2.31. The van der Waals surface area contributed by atoms with E-state index in [0.717, 1.165) is 17.7 Å². The summed E-state index contributed by atoms with van der Waals surface area (Å²) in [6.45, 7) is 1.00. The van der Waals surface area contributed by atoms with Crippen molar-refractivity contribution in [1.82, 2.24) is 20.4 Å². The summed E-state index contributed by atoms with van der Waals surface area (Å²) in [4.78, 5) is 64.6. The van der Waals surface area contributed by atoms with Gasteiger partial charge < -0.3 is 15.0 Å². The Morgan fingerprint density at radius 3 is 2.50 bits per heavy atom. The fourth-order valence-electron chi connectivity index (χ4n) is 4.25. The molecule has 0 bridgehead atoms. The molecule has 3 aliphatic rings. The van der Waals surface area contributed by atoms with Gasteiger partial charge in [0.15, 0.2) is 6.61 Å². The lowest BCUT2D eigenvalue weighted by molar-refractivity contribution is -0.136. The summed E-state index contributed by atoms with van der Waals surface area (Å²) in [7, 11) is 1.90. The number of fused-ring (bicyclic) bond motifs is 1. The summed E-state index contributed by atoms with van der Waals surface area (Å²) in [6.07, 6.45) is 1.84. The summed E-state index contributed by atoms with van der Waals surface area (Å²) >= 11 is 0. The molecular weight excluding hydrogens is 440 g/mol. The normalized spacial score (nSPS) is 21.2. The van der Waals surface area contributed by atoms with E-state index in [0.29, 0.717) is 19.1 Å². The molecule has 172 valence electrons. The fraction of sp³-hybridized carbons (Fsp3) is 0.476. The summed E-state index contributed by atoms with van der Waals surface area (Å²) in [5.74, 6) is -2.43. The molecule has 11 heteroatoms. The van der Waals surface area contributed by atoms with Crippen LogP contribution in [-0.2, 0) is 14.4 Å². The van der Waals surface area contributed by atoms with Crippen molar-refractivity contribution in [2.75, 3.05) is 26.7 Å². The first-order valence-electron chi connectivity index (χ1n) is 10.3. The number of carbonyl (C=O) groups excluding carboxylic acids is 5. The highest BCUT2D eigenvalue weighted by molar-refractivity contribution is 6.24. The van der Waals surface area contributed by atoms with Crippen molar-refractivity contribution in [3.63, 3.8) is 0 Å². The van der Waals surface area contributed by atoms with E-state index >= 15 is 0 Å². The van der Waals surface area contributed by atoms with Gasteiger partial charge in [-0.15, -0.1) is 12.4 Å². The quantitative estimate of drug-likeness (QED) is 0.592. The van der Waals surface area contributed by atoms with Crippen LogP contribution in [0.25, 0.3) is 0 Å². The highest BCUT2D eigenvalue weighted by Gasteiger charge is 2.46. The number of rotatable bonds is 5. The molecule has 2 N–H and O–H groups in total. The van der Waals surface area contributed by atoms with E-state index in [-0.39, 0.29) is 54.6 Å². The number of carbonyl (C=O) groups is 5. The van der Waals surface area contributed by atoms with E-state index in [1.54, 1.807) is 11.0 Å². The van der Waals surface area contributed by atoms with E-state index < -0.39 is 29.7 Å². The van der Waals surface area contributed by atoms with Crippen LogP contribution in [0, 0.1) is 0 Å². The van der Waals surface area contributed by atoms with Gasteiger partial charge in [0.05, 0.1) is 11.1 Å². The summed E-state index contributed by atoms with van der Waals surface area (Å²) in [5.41, 5.74) is 0.161. The molecule has 3 aliphatic heterocycles. The van der Waals surface area contributed by atoms with Crippen LogP contribution in [-0.4, -0.2) is 78.2 Å². The highest BCUT2D eigenvalue weighted by Crippen LogP contribution is 2.33. The molecule has 0 saturated carbocycles. The first kappa shape index (κ1) is 23.7. The Balaban J connectivity index is 0.00000289. The number of imide groups is 2. The molecule has 32 heavy (non-hydrogen) atoms. The van der Waals surface area contributed by atoms with Crippen LogP contribution in [0.4, 0.5) is 0 Å². The molecule has 2 fully saturated rings. The van der Waals surface area contributed by atoms with E-state index in [9.17, 15) is 24.0 Å². The van der Waals surface area contributed by atoms with Crippen LogP contribution < -0.4 is 15.4 Å². The number of nitrogens with one attached hydrogen (secondary N) is 2. The van der Waals surface area contributed by atoms with Crippen LogP contribution in [0.1, 0.15) is 46.4 Å². The number of nitrogens with zero attached hydrogens (tertiary/aromatic N) is 2. The zero-order chi connectivity index (χ0) is 22.1. The number of hydrogen-bond acceptors (Lipinski definition) is 7. The molecule has 1 atom stereocenters. The molecule has 3 heterocycles. The smallest absolute Gasteiger partial charge is 0.266 e. The Morgan fingerprint density at radius 2 is 1.84 bits per heavy atom. The minimum atomic E-state index is -1.05. The van der Waals surface area contributed by atoms with Crippen molar-refractivity contribution in [2.45, 2.75) is 37.8 Å². The average molecular weight is 465 g/mol. The molecule has 10 nitrogen and oxygen atoms in total. The van der Waals surface area contributed by atoms with Crippen LogP contribution in [0.15, 0.2) is 18.2 Å². The Morgan fingerprint density at radius 1 is 1.12 bits per heavy atom. The van der Waals surface area contributed by atoms with Gasteiger partial charge in [-0.3, -0.25) is 34.2 Å². The molecule has 1 aromatic rings. The number of benzene rings is 1. The maximum atomic E-state index is 13.0. The lowest BCUT2D eigenvalue weighted by atomic mass is 10.0. The van der Waals surface area contributed by atoms with Crippen molar-refractivity contribution < 1.29 is 28.7 Å². The van der Waals surface area contributed by atoms with Gasteiger partial charge in [-0.1, -0.05) is 6.07 Å². The molecule has 0 aliphatic carbocycles. The lowest BCUT2D eigenvalue weighted by Crippen LogP contribution is -2.54. The van der Waals surface area contributed by atoms with E-state index in [4.69, 9.17) is 4.74 Å². The first-order valence-corrected chi connectivity index (χ1v) is 10.3. The van der Waals surface area contributed by atoms with Crippen molar-refractivity contribution in [3.8, 4) is 5.75 Å². The largest absolute Gasteiger partial charge is 0.483 e. The fourth-order valence-corrected chi connectivity index (χ4v) is 4.25. The van der Waals surface area contributed by atoms with Crippen LogP contribution in [0.2, 0.25) is 0 Å². The summed E-state index contributed by atoms with van der Waals surface area (Å²) in [5, 5.41) is 5.37. The second-order valence-electron chi connectivity index (χ2n) is 7.86. The molecule has 1 unspecified atom stereocenters. The third-order valence-corrected chi connectivity index (χ3v) is 6.04. The minimum Gasteiger partial charge on any atom is -0.483 e. The zero-order valence-corrected chi connectivity index (χ0v) is 18.4. The zero-order valence-electron chi connectivity index (χ0n) is 17.6. The van der Waals surface area contributed by atoms with Gasteiger partial charge in [0.2, 0.25) is 11.8 Å². The predicted molar refractivity (Wildman–Crippen MR) is 115 cm³/mol. The molecule has 1 aromatic carbocycles. The van der Waals surface area contributed by atoms with E-state index in [2.05, 4.69) is 10.6 Å². The van der Waals surface area contributed by atoms with E-state index in [1.807, 2.05) is 7.05 Å². The standard InChI is InChI=1S/C21H24N4O6.ClH/c1-22-12-7-9-24(10-8-12)17(27)11-31-15-4-2-3-13-18(15)21(30)25(20(13)29)14-5-6-16(26)23-19(14)28;/h2-4,12,14,22H,5-11H2,1H3,(H,23,26,28);1H. The van der Waals surface area contributed by atoms with Crippen molar-refractivity contribution >= 4 is 41.9 Å². The molecule has 0 radical (unpaired) electrons. The molecule has 4 rings (SSSR count). The second-order valence-corrected chi connectivity index (χ2v) is 7.86. The number of halogens is 1. The average Bonchev–Trinajstić information content (AvgIpc) is 3.03. The molecule has 0 spiro atoms. The number of hydrogen-bond donors (Lipinski definition) is 2. The van der Waals surface area contributed by atoms with Gasteiger partial charge in [-0.2, -0.15) is 0 Å². The molecule has 5 amide bonds. The number of ether oxygens (including phenoxy) is 1. The third kappa shape index (κ3) is 4.33.